The summed E-state index contributed by atoms with van der Waals surface area (Å²) < 4.78 is 5.55. The van der Waals surface area contributed by atoms with Crippen LogP contribution in [0.25, 0.3) is 0 Å². The van der Waals surface area contributed by atoms with Gasteiger partial charge in [0.15, 0.2) is 6.10 Å². The molecule has 4 nitrogen and oxygen atoms in total. The monoisotopic (exact) mass is 284 g/mol. The van der Waals surface area contributed by atoms with Crippen LogP contribution in [0.2, 0.25) is 5.02 Å². The summed E-state index contributed by atoms with van der Waals surface area (Å²) in [5.41, 5.74) is 6.20. The van der Waals surface area contributed by atoms with Gasteiger partial charge in [-0.15, -0.1) is 0 Å². The molecule has 0 radical (unpaired) electrons. The molecule has 0 aliphatic rings. The van der Waals surface area contributed by atoms with E-state index in [0.717, 1.165) is 12.8 Å². The van der Waals surface area contributed by atoms with E-state index in [4.69, 9.17) is 22.1 Å². The Morgan fingerprint density at radius 2 is 2.16 bits per heavy atom. The van der Waals surface area contributed by atoms with Gasteiger partial charge in [0.2, 0.25) is 0 Å². The summed E-state index contributed by atoms with van der Waals surface area (Å²) in [7, 11) is 0. The molecule has 1 aromatic carbocycles. The molecule has 2 atom stereocenters. The predicted molar refractivity (Wildman–Crippen MR) is 78.5 cm³/mol. The van der Waals surface area contributed by atoms with Crippen LogP contribution in [0, 0.1) is 0 Å². The van der Waals surface area contributed by atoms with E-state index >= 15 is 0 Å². The Morgan fingerprint density at radius 3 is 2.74 bits per heavy atom. The highest BCUT2D eigenvalue weighted by molar-refractivity contribution is 6.30. The summed E-state index contributed by atoms with van der Waals surface area (Å²) in [6.45, 7) is 5.75. The molecule has 0 aliphatic carbocycles. The Hall–Kier alpha value is -1.42. The van der Waals surface area contributed by atoms with E-state index in [1.165, 1.54) is 0 Å². The zero-order valence-electron chi connectivity index (χ0n) is 11.6. The number of nitrogens with two attached hydrogens (primary N) is 1. The van der Waals surface area contributed by atoms with Gasteiger partial charge in [0, 0.05) is 11.1 Å². The normalized spacial score (nSPS) is 13.7. The van der Waals surface area contributed by atoms with E-state index in [2.05, 4.69) is 12.2 Å². The molecule has 0 fully saturated rings. The quantitative estimate of drug-likeness (QED) is 0.789. The minimum Gasteiger partial charge on any atom is -0.479 e. The zero-order chi connectivity index (χ0) is 14.4. The first-order valence-corrected chi connectivity index (χ1v) is 6.84. The lowest BCUT2D eigenvalue weighted by molar-refractivity contribution is -0.127. The molecule has 1 aromatic rings. The first-order chi connectivity index (χ1) is 8.93. The molecule has 5 heteroatoms. The summed E-state index contributed by atoms with van der Waals surface area (Å²) >= 11 is 5.80. The van der Waals surface area contributed by atoms with Gasteiger partial charge in [-0.3, -0.25) is 4.79 Å². The molecule has 0 aromatic heterocycles. The average Bonchev–Trinajstić information content (AvgIpc) is 2.32. The highest BCUT2D eigenvalue weighted by Gasteiger charge is 2.17. The molecule has 2 unspecified atom stereocenters. The average molecular weight is 285 g/mol. The molecule has 0 saturated heterocycles. The Morgan fingerprint density at radius 1 is 1.47 bits per heavy atom. The van der Waals surface area contributed by atoms with Crippen LogP contribution < -0.4 is 15.8 Å². The van der Waals surface area contributed by atoms with Crippen molar-refractivity contribution in [3.8, 4) is 5.75 Å². The molecule has 19 heavy (non-hydrogen) atoms. The third kappa shape index (κ3) is 4.99. The first kappa shape index (κ1) is 15.6. The number of rotatable bonds is 6. The van der Waals surface area contributed by atoms with Crippen molar-refractivity contribution in [2.75, 3.05) is 5.73 Å². The number of hydrogen-bond acceptors (Lipinski definition) is 3. The maximum absolute atomic E-state index is 11.9. The molecule has 0 aliphatic heterocycles. The summed E-state index contributed by atoms with van der Waals surface area (Å²) in [4.78, 5) is 11.9. The standard InChI is InChI=1S/C14H21ClN2O2/c1-4-5-9(2)17-14(18)10(3)19-13-7-6-11(15)8-12(13)16/h6-10H,4-5,16H2,1-3H3,(H,17,18). The maximum Gasteiger partial charge on any atom is 0.260 e. The second-order valence-electron chi connectivity index (χ2n) is 4.64. The molecule has 0 spiro atoms. The zero-order valence-corrected chi connectivity index (χ0v) is 12.3. The second-order valence-corrected chi connectivity index (χ2v) is 5.08. The molecule has 0 saturated carbocycles. The highest BCUT2D eigenvalue weighted by Crippen LogP contribution is 2.25. The number of halogens is 1. The summed E-state index contributed by atoms with van der Waals surface area (Å²) in [5, 5.41) is 3.44. The van der Waals surface area contributed by atoms with Crippen molar-refractivity contribution >= 4 is 23.2 Å². The van der Waals surface area contributed by atoms with E-state index in [9.17, 15) is 4.79 Å². The number of anilines is 1. The van der Waals surface area contributed by atoms with E-state index in [1.54, 1.807) is 25.1 Å². The largest absolute Gasteiger partial charge is 0.479 e. The Labute approximate surface area is 119 Å². The molecule has 0 bridgehead atoms. The van der Waals surface area contributed by atoms with Crippen molar-refractivity contribution in [3.63, 3.8) is 0 Å². The Bertz CT molecular complexity index is 437. The summed E-state index contributed by atoms with van der Waals surface area (Å²) in [6, 6.07) is 5.08. The number of hydrogen-bond donors (Lipinski definition) is 2. The molecule has 0 heterocycles. The van der Waals surface area contributed by atoms with Gasteiger partial charge in [0.1, 0.15) is 5.75 Å². The predicted octanol–water partition coefficient (Wildman–Crippen LogP) is 2.99. The number of nitrogen functional groups attached to an aromatic ring is 1. The van der Waals surface area contributed by atoms with Crippen molar-refractivity contribution < 1.29 is 9.53 Å². The van der Waals surface area contributed by atoms with Gasteiger partial charge < -0.3 is 15.8 Å². The number of ether oxygens (including phenoxy) is 1. The Balaban J connectivity index is 2.58. The fourth-order valence-electron chi connectivity index (χ4n) is 1.74. The van der Waals surface area contributed by atoms with Gasteiger partial charge in [-0.1, -0.05) is 24.9 Å². The van der Waals surface area contributed by atoms with Gasteiger partial charge in [0.05, 0.1) is 5.69 Å². The van der Waals surface area contributed by atoms with Crippen molar-refractivity contribution in [1.29, 1.82) is 0 Å². The van der Waals surface area contributed by atoms with Gasteiger partial charge >= 0.3 is 0 Å². The molecule has 3 N–H and O–H groups in total. The van der Waals surface area contributed by atoms with Crippen molar-refractivity contribution in [3.05, 3.63) is 23.2 Å². The van der Waals surface area contributed by atoms with Crippen LogP contribution in [0.15, 0.2) is 18.2 Å². The lowest BCUT2D eigenvalue weighted by Gasteiger charge is -2.19. The second kappa shape index (κ2) is 7.24. The SMILES string of the molecule is CCCC(C)NC(=O)C(C)Oc1ccc(Cl)cc1N. The maximum atomic E-state index is 11.9. The smallest absolute Gasteiger partial charge is 0.260 e. The van der Waals surface area contributed by atoms with Gasteiger partial charge in [-0.2, -0.15) is 0 Å². The minimum absolute atomic E-state index is 0.143. The van der Waals surface area contributed by atoms with E-state index < -0.39 is 6.10 Å². The van der Waals surface area contributed by atoms with E-state index in [1.807, 2.05) is 6.92 Å². The first-order valence-electron chi connectivity index (χ1n) is 6.46. The van der Waals surface area contributed by atoms with Crippen LogP contribution in [0.4, 0.5) is 5.69 Å². The number of benzene rings is 1. The van der Waals surface area contributed by atoms with Crippen LogP contribution in [0.3, 0.4) is 0 Å². The number of nitrogens with one attached hydrogen (secondary N) is 1. The molecule has 106 valence electrons. The molecular weight excluding hydrogens is 264 g/mol. The van der Waals surface area contributed by atoms with Gasteiger partial charge in [-0.05, 0) is 38.5 Å². The van der Waals surface area contributed by atoms with Crippen LogP contribution in [0.5, 0.6) is 5.75 Å². The fraction of sp³-hybridized carbons (Fsp3) is 0.500. The van der Waals surface area contributed by atoms with Crippen LogP contribution in [0.1, 0.15) is 33.6 Å². The highest BCUT2D eigenvalue weighted by atomic mass is 35.5. The summed E-state index contributed by atoms with van der Waals surface area (Å²) in [5.74, 6) is 0.325. The molecular formula is C14H21ClN2O2. The van der Waals surface area contributed by atoms with Crippen LogP contribution in [-0.4, -0.2) is 18.1 Å². The number of carbonyl (C=O) groups is 1. The molecule has 1 amide bonds. The number of amides is 1. The third-order valence-electron chi connectivity index (χ3n) is 2.76. The van der Waals surface area contributed by atoms with Gasteiger partial charge in [-0.25, -0.2) is 0 Å². The topological polar surface area (TPSA) is 64.3 Å². The van der Waals surface area contributed by atoms with Crippen molar-refractivity contribution in [1.82, 2.24) is 5.32 Å². The van der Waals surface area contributed by atoms with Crippen LogP contribution >= 0.6 is 11.6 Å². The minimum atomic E-state index is -0.595. The molecule has 1 rings (SSSR count). The lowest BCUT2D eigenvalue weighted by Crippen LogP contribution is -2.41. The van der Waals surface area contributed by atoms with Crippen LogP contribution in [-0.2, 0) is 4.79 Å². The van der Waals surface area contributed by atoms with Crippen molar-refractivity contribution in [2.45, 2.75) is 45.8 Å². The van der Waals surface area contributed by atoms with E-state index in [-0.39, 0.29) is 11.9 Å². The summed E-state index contributed by atoms with van der Waals surface area (Å²) in [6.07, 6.45) is 1.38. The third-order valence-corrected chi connectivity index (χ3v) is 2.99. The number of carbonyl (C=O) groups excluding carboxylic acids is 1. The van der Waals surface area contributed by atoms with E-state index in [0.29, 0.717) is 16.5 Å². The van der Waals surface area contributed by atoms with Crippen molar-refractivity contribution in [2.24, 2.45) is 0 Å². The Kier molecular flexibility index (Phi) is 5.96. The lowest BCUT2D eigenvalue weighted by atomic mass is 10.2. The fourth-order valence-corrected chi connectivity index (χ4v) is 1.92. The van der Waals surface area contributed by atoms with Gasteiger partial charge in [0.25, 0.3) is 5.91 Å².